The van der Waals surface area contributed by atoms with Crippen molar-refractivity contribution >= 4 is 22.7 Å². The molecular formula is C27H28FeO10S. The van der Waals surface area contributed by atoms with E-state index in [1.54, 1.807) is 24.3 Å². The Balaban J connectivity index is -0.00000173. The van der Waals surface area contributed by atoms with E-state index in [-0.39, 0.29) is 29.4 Å². The van der Waals surface area contributed by atoms with Crippen molar-refractivity contribution in [3.05, 3.63) is 97.2 Å². The molecule has 1 heterocycles. The second-order valence-electron chi connectivity index (χ2n) is 7.43. The van der Waals surface area contributed by atoms with Crippen LogP contribution in [0, 0.1) is 26.9 Å². The van der Waals surface area contributed by atoms with E-state index in [0.29, 0.717) is 16.9 Å². The molecule has 1 aromatic carbocycles. The maximum atomic E-state index is 12.7. The molecule has 0 aromatic heterocycles. The van der Waals surface area contributed by atoms with Gasteiger partial charge in [-0.1, -0.05) is 29.8 Å². The molecule has 0 aliphatic carbocycles. The van der Waals surface area contributed by atoms with Crippen LogP contribution in [-0.4, -0.2) is 41.9 Å². The van der Waals surface area contributed by atoms with Gasteiger partial charge in [0.05, 0.1) is 16.9 Å². The van der Waals surface area contributed by atoms with Gasteiger partial charge in [0, 0.05) is 48.3 Å². The third-order valence-electron chi connectivity index (χ3n) is 4.34. The zero-order valence-corrected chi connectivity index (χ0v) is 23.7. The van der Waals surface area contributed by atoms with E-state index in [2.05, 4.69) is 26.5 Å². The second kappa shape index (κ2) is 22.9. The van der Waals surface area contributed by atoms with Crippen molar-refractivity contribution in [2.24, 2.45) is 0 Å². The standard InChI is InChI=1S/C24H28O7S.3CO.Fe/c1-6-7-21(29-16-28-5)18(14-15-32(27)19-11-8-17(2)9-12-19)10-13-20-22(25)30-24(3,4)31-23(20)26;3*1-2;/h6,8-15,21H,1,7,16H2,2-5H3;;;;/b15-14-,18-10-;;;;/t21-,32-;;;;/m1..../s1. The van der Waals surface area contributed by atoms with Gasteiger partial charge in [0.1, 0.15) is 12.4 Å². The van der Waals surface area contributed by atoms with Gasteiger partial charge in [-0.2, -0.15) is 0 Å². The minimum Gasteiger partial charge on any atom is 0 e. The predicted molar refractivity (Wildman–Crippen MR) is 133 cm³/mol. The molecule has 0 N–H and O–H groups in total. The summed E-state index contributed by atoms with van der Waals surface area (Å²) in [7, 11) is 0.0854. The van der Waals surface area contributed by atoms with Crippen LogP contribution in [0.3, 0.4) is 0 Å². The summed E-state index contributed by atoms with van der Waals surface area (Å²) in [5, 5.41) is 1.52. The topological polar surface area (TPSA) is 148 Å². The fourth-order valence-electron chi connectivity index (χ4n) is 2.74. The van der Waals surface area contributed by atoms with Gasteiger partial charge >= 0.3 is 45.8 Å². The van der Waals surface area contributed by atoms with Crippen molar-refractivity contribution in [3.63, 3.8) is 0 Å². The van der Waals surface area contributed by atoms with Crippen LogP contribution in [0.2, 0.25) is 0 Å². The summed E-state index contributed by atoms with van der Waals surface area (Å²) in [6.45, 7) is 22.2. The number of rotatable bonds is 10. The molecule has 1 aliphatic heterocycles. The van der Waals surface area contributed by atoms with Crippen molar-refractivity contribution in [1.29, 1.82) is 0 Å². The molecule has 0 spiro atoms. The molecule has 210 valence electrons. The first-order chi connectivity index (χ1) is 18.2. The van der Waals surface area contributed by atoms with Gasteiger partial charge in [-0.25, -0.2) is 13.8 Å². The van der Waals surface area contributed by atoms with E-state index >= 15 is 0 Å². The number of cyclic esters (lactones) is 2. The van der Waals surface area contributed by atoms with E-state index < -0.39 is 34.6 Å². The molecular weight excluding hydrogens is 572 g/mol. The zero-order chi connectivity index (χ0) is 29.7. The van der Waals surface area contributed by atoms with E-state index in [1.165, 1.54) is 38.5 Å². The summed E-state index contributed by atoms with van der Waals surface area (Å²) in [6, 6.07) is 7.34. The average Bonchev–Trinajstić information content (AvgIpc) is 2.91. The Bertz CT molecular complexity index is 1060. The van der Waals surface area contributed by atoms with Gasteiger partial charge in [0.15, 0.2) is 0 Å². The summed E-state index contributed by atoms with van der Waals surface area (Å²) >= 11 is 0. The van der Waals surface area contributed by atoms with Crippen molar-refractivity contribution in [1.82, 2.24) is 0 Å². The van der Waals surface area contributed by atoms with E-state index in [1.807, 2.05) is 19.1 Å². The Morgan fingerprint density at radius 2 is 1.59 bits per heavy atom. The number of carbonyl (C=O) groups is 2. The Morgan fingerprint density at radius 1 is 1.08 bits per heavy atom. The summed E-state index contributed by atoms with van der Waals surface area (Å²) < 4.78 is 56.1. The number of hydrogen-bond acceptors (Lipinski definition) is 7. The Labute approximate surface area is 241 Å². The molecule has 2 rings (SSSR count). The minimum atomic E-state index is -1.41. The maximum Gasteiger partial charge on any atom is 0 e. The average molecular weight is 600 g/mol. The molecule has 0 saturated carbocycles. The fraction of sp³-hybridized carbons (Fsp3) is 0.296. The summed E-state index contributed by atoms with van der Waals surface area (Å²) in [5.41, 5.74) is 1.37. The van der Waals surface area contributed by atoms with Gasteiger partial charge < -0.3 is 18.9 Å². The first kappa shape index (κ1) is 40.4. The normalized spacial score (nSPS) is 15.0. The summed E-state index contributed by atoms with van der Waals surface area (Å²) in [6.07, 6.45) is 6.03. The second-order valence-corrected chi connectivity index (χ2v) is 8.76. The molecule has 0 amide bonds. The molecule has 0 bridgehead atoms. The molecule has 10 nitrogen and oxygen atoms in total. The van der Waals surface area contributed by atoms with Gasteiger partial charge in [-0.15, -0.1) is 6.58 Å². The Hall–Kier alpha value is -3.07. The van der Waals surface area contributed by atoms with Gasteiger partial charge in [0.2, 0.25) is 0 Å². The molecule has 12 heteroatoms. The van der Waals surface area contributed by atoms with Crippen LogP contribution in [-0.2, 0) is 70.4 Å². The zero-order valence-electron chi connectivity index (χ0n) is 21.7. The maximum absolute atomic E-state index is 12.7. The van der Waals surface area contributed by atoms with Crippen molar-refractivity contribution in [3.8, 4) is 0 Å². The van der Waals surface area contributed by atoms with Crippen LogP contribution < -0.4 is 0 Å². The van der Waals surface area contributed by atoms with Crippen LogP contribution in [0.25, 0.3) is 0 Å². The third kappa shape index (κ3) is 15.2. The molecule has 1 aromatic rings. The number of hydrogen-bond donors (Lipinski definition) is 0. The SMILES string of the molecule is C=CC[C@@H](OCOC)C(/C=C\[S@@](=O)c1ccc(C)cc1)=C\C=C1C(=O)OC(C)(C)OC1=O.[C-]#[O+].[C-]#[O+].[C-]#[O+].[Fe]. The number of benzene rings is 1. The Kier molecular flexibility index (Phi) is 23.7. The van der Waals surface area contributed by atoms with Gasteiger partial charge in [-0.3, -0.25) is 0 Å². The number of esters is 2. The first-order valence-corrected chi connectivity index (χ1v) is 11.7. The summed E-state index contributed by atoms with van der Waals surface area (Å²) in [4.78, 5) is 25.1. The van der Waals surface area contributed by atoms with E-state index in [4.69, 9.17) is 32.9 Å². The predicted octanol–water partition coefficient (Wildman–Crippen LogP) is 3.76. The number of ether oxygens (including phenoxy) is 4. The molecule has 0 unspecified atom stereocenters. The molecule has 1 saturated heterocycles. The summed E-state index contributed by atoms with van der Waals surface area (Å²) in [5.74, 6) is -2.89. The van der Waals surface area contributed by atoms with Crippen molar-refractivity contribution < 1.29 is 63.8 Å². The van der Waals surface area contributed by atoms with Gasteiger partial charge in [0.25, 0.3) is 5.79 Å². The molecule has 2 atom stereocenters. The van der Waals surface area contributed by atoms with Gasteiger partial charge in [-0.05, 0) is 43.2 Å². The van der Waals surface area contributed by atoms with Crippen molar-refractivity contribution in [2.45, 2.75) is 44.0 Å². The Morgan fingerprint density at radius 3 is 2.05 bits per heavy atom. The quantitative estimate of drug-likeness (QED) is 0.0457. The largest absolute Gasteiger partial charge is 0 e. The molecule has 0 radical (unpaired) electrons. The molecule has 1 aliphatic rings. The van der Waals surface area contributed by atoms with Crippen LogP contribution in [0.4, 0.5) is 0 Å². The number of aryl methyl sites for hydroxylation is 1. The number of methoxy groups -OCH3 is 1. The van der Waals surface area contributed by atoms with Crippen LogP contribution in [0.5, 0.6) is 0 Å². The minimum absolute atomic E-state index is 0. The van der Waals surface area contributed by atoms with Crippen LogP contribution >= 0.6 is 0 Å². The fourth-order valence-corrected chi connectivity index (χ4v) is 3.58. The monoisotopic (exact) mass is 600 g/mol. The van der Waals surface area contributed by atoms with E-state index in [9.17, 15) is 13.8 Å². The van der Waals surface area contributed by atoms with Crippen LogP contribution in [0.1, 0.15) is 25.8 Å². The van der Waals surface area contributed by atoms with Crippen LogP contribution in [0.15, 0.2) is 76.6 Å². The molecule has 39 heavy (non-hydrogen) atoms. The third-order valence-corrected chi connectivity index (χ3v) is 5.46. The number of carbonyl (C=O) groups excluding carboxylic acids is 2. The first-order valence-electron chi connectivity index (χ1n) is 10.5. The van der Waals surface area contributed by atoms with E-state index in [0.717, 1.165) is 5.56 Å². The van der Waals surface area contributed by atoms with Crippen molar-refractivity contribution in [2.75, 3.05) is 13.9 Å². The smallest absolute Gasteiger partial charge is 0 e. The number of allylic oxidation sites excluding steroid dienone is 2. The molecule has 1 fully saturated rings.